The van der Waals surface area contributed by atoms with Crippen molar-refractivity contribution in [2.45, 2.75) is 90.9 Å². The van der Waals surface area contributed by atoms with Gasteiger partial charge in [0.2, 0.25) is 0 Å². The van der Waals surface area contributed by atoms with Gasteiger partial charge in [-0.1, -0.05) is 63.3 Å². The predicted molar refractivity (Wildman–Crippen MR) is 200 cm³/mol. The molecule has 9 heteroatoms. The zero-order chi connectivity index (χ0) is 34.6. The summed E-state index contributed by atoms with van der Waals surface area (Å²) < 4.78 is 23.8. The number of rotatable bonds is 14. The molecule has 1 aromatic heterocycles. The number of ether oxygens (including phenoxy) is 2. The Labute approximate surface area is 291 Å². The van der Waals surface area contributed by atoms with Crippen LogP contribution in [0.5, 0.6) is 11.5 Å². The second-order valence-electron chi connectivity index (χ2n) is 13.8. The number of aromatic nitrogens is 3. The number of aryl methyl sites for hydroxylation is 1. The number of methoxy groups -OCH3 is 2. The van der Waals surface area contributed by atoms with E-state index in [0.29, 0.717) is 0 Å². The first-order valence-electron chi connectivity index (χ1n) is 17.6. The van der Waals surface area contributed by atoms with E-state index in [-0.39, 0.29) is 0 Å². The van der Waals surface area contributed by atoms with E-state index < -0.39 is 18.3 Å². The fraction of sp³-hybridized carbons (Fsp3) is 0.400. The lowest BCUT2D eigenvalue weighted by Crippen LogP contribution is -2.41. The van der Waals surface area contributed by atoms with Crippen molar-refractivity contribution in [3.63, 3.8) is 0 Å². The highest BCUT2D eigenvalue weighted by Crippen LogP contribution is 2.39. The SMILES string of the molecule is CCCCCCCCn1nc2c(B3OC(C)(C)C(C)(C)O3)ccc(-c3ccc(N(c4ccc(OC)cc4)c4ccc(OC)cc4)cc3)c2n1. The summed E-state index contributed by atoms with van der Waals surface area (Å²) in [5.41, 5.74) is 6.83. The van der Waals surface area contributed by atoms with Crippen molar-refractivity contribution >= 4 is 40.7 Å². The van der Waals surface area contributed by atoms with E-state index in [2.05, 4.69) is 100 Å². The van der Waals surface area contributed by atoms with E-state index in [4.69, 9.17) is 29.0 Å². The van der Waals surface area contributed by atoms with Crippen LogP contribution in [0.15, 0.2) is 84.9 Å². The van der Waals surface area contributed by atoms with Crippen molar-refractivity contribution in [1.29, 1.82) is 0 Å². The van der Waals surface area contributed by atoms with E-state index in [1.165, 1.54) is 32.1 Å². The Morgan fingerprint density at radius 2 is 1.12 bits per heavy atom. The average Bonchev–Trinajstić information content (AvgIpc) is 3.63. The number of benzene rings is 4. The number of fused-ring (bicyclic) bond motifs is 1. The van der Waals surface area contributed by atoms with E-state index in [9.17, 15) is 0 Å². The zero-order valence-electron chi connectivity index (χ0n) is 30.0. The summed E-state index contributed by atoms with van der Waals surface area (Å²) >= 11 is 0. The van der Waals surface area contributed by atoms with E-state index in [1.807, 2.05) is 29.1 Å². The summed E-state index contributed by atoms with van der Waals surface area (Å²) in [5, 5.41) is 10.1. The summed E-state index contributed by atoms with van der Waals surface area (Å²) in [6.45, 7) is 11.3. The fourth-order valence-corrected chi connectivity index (χ4v) is 6.28. The Hall–Kier alpha value is -4.34. The van der Waals surface area contributed by atoms with Gasteiger partial charge >= 0.3 is 7.12 Å². The Balaban J connectivity index is 1.35. The van der Waals surface area contributed by atoms with Gasteiger partial charge in [0.1, 0.15) is 22.5 Å². The molecule has 1 saturated heterocycles. The van der Waals surface area contributed by atoms with Gasteiger partial charge in [0.25, 0.3) is 0 Å². The van der Waals surface area contributed by atoms with Crippen LogP contribution >= 0.6 is 0 Å². The molecule has 0 aliphatic carbocycles. The summed E-state index contributed by atoms with van der Waals surface area (Å²) in [6.07, 6.45) is 7.29. The summed E-state index contributed by atoms with van der Waals surface area (Å²) in [7, 11) is 2.84. The Kier molecular flexibility index (Phi) is 10.3. The quantitative estimate of drug-likeness (QED) is 0.0869. The highest BCUT2D eigenvalue weighted by Gasteiger charge is 2.52. The normalized spacial score (nSPS) is 15.1. The summed E-state index contributed by atoms with van der Waals surface area (Å²) in [6, 6.07) is 29.0. The first-order valence-corrected chi connectivity index (χ1v) is 17.6. The molecule has 0 bridgehead atoms. The van der Waals surface area contributed by atoms with Crippen LogP contribution in [0, 0.1) is 0 Å². The van der Waals surface area contributed by atoms with Crippen LogP contribution in [-0.2, 0) is 15.9 Å². The van der Waals surface area contributed by atoms with Crippen molar-refractivity contribution < 1.29 is 18.8 Å². The third-order valence-corrected chi connectivity index (χ3v) is 9.93. The van der Waals surface area contributed by atoms with Crippen molar-refractivity contribution in [3.8, 4) is 22.6 Å². The van der Waals surface area contributed by atoms with Crippen LogP contribution in [0.25, 0.3) is 22.2 Å². The van der Waals surface area contributed by atoms with Gasteiger partial charge in [-0.3, -0.25) is 0 Å². The minimum atomic E-state index is -0.523. The number of nitrogens with zero attached hydrogens (tertiary/aromatic N) is 4. The van der Waals surface area contributed by atoms with Crippen molar-refractivity contribution in [1.82, 2.24) is 15.0 Å². The first-order chi connectivity index (χ1) is 23.6. The smallest absolute Gasteiger partial charge is 0.497 e. The fourth-order valence-electron chi connectivity index (χ4n) is 6.28. The predicted octanol–water partition coefficient (Wildman–Crippen LogP) is 9.25. The van der Waals surface area contributed by atoms with E-state index in [0.717, 1.165) is 69.1 Å². The molecular formula is C40H49BN4O4. The minimum Gasteiger partial charge on any atom is -0.497 e. The van der Waals surface area contributed by atoms with Gasteiger partial charge in [0.05, 0.1) is 32.0 Å². The van der Waals surface area contributed by atoms with Crippen molar-refractivity contribution in [2.75, 3.05) is 19.1 Å². The number of anilines is 3. The maximum Gasteiger partial charge on any atom is 0.497 e. The molecule has 49 heavy (non-hydrogen) atoms. The molecule has 0 radical (unpaired) electrons. The van der Waals surface area contributed by atoms with E-state index in [1.54, 1.807) is 14.2 Å². The Morgan fingerprint density at radius 3 is 1.65 bits per heavy atom. The van der Waals surface area contributed by atoms with Crippen LogP contribution in [0.1, 0.15) is 73.1 Å². The highest BCUT2D eigenvalue weighted by molar-refractivity contribution is 6.65. The minimum absolute atomic E-state index is 0.452. The number of hydrogen-bond acceptors (Lipinski definition) is 7. The lowest BCUT2D eigenvalue weighted by Gasteiger charge is -2.32. The molecule has 8 nitrogen and oxygen atoms in total. The molecular weight excluding hydrogens is 611 g/mol. The lowest BCUT2D eigenvalue weighted by molar-refractivity contribution is 0.00578. The van der Waals surface area contributed by atoms with Crippen LogP contribution < -0.4 is 19.8 Å². The average molecular weight is 661 g/mol. The van der Waals surface area contributed by atoms with E-state index >= 15 is 0 Å². The van der Waals surface area contributed by atoms with Crippen LogP contribution in [0.3, 0.4) is 0 Å². The molecule has 1 fully saturated rings. The summed E-state index contributed by atoms with van der Waals surface area (Å²) in [5.74, 6) is 1.62. The zero-order valence-corrected chi connectivity index (χ0v) is 30.0. The molecule has 4 aromatic carbocycles. The third kappa shape index (κ3) is 7.33. The standard InChI is InChI=1S/C40H49BN4O4/c1-8-9-10-11-12-13-28-44-42-37-35(26-27-36(38(37)43-44)41-48-39(2,3)40(4,5)49-41)29-14-16-30(17-15-29)45(31-18-22-33(46-6)23-19-31)32-20-24-34(47-7)25-21-32/h14-27H,8-13,28H2,1-7H3. The van der Waals surface area contributed by atoms with Gasteiger partial charge in [-0.2, -0.15) is 15.0 Å². The van der Waals surface area contributed by atoms with Gasteiger partial charge in [-0.05, 0) is 100 Å². The number of hydrogen-bond donors (Lipinski definition) is 0. The molecule has 0 amide bonds. The monoisotopic (exact) mass is 660 g/mol. The van der Waals surface area contributed by atoms with Gasteiger partial charge in [0, 0.05) is 28.1 Å². The van der Waals surface area contributed by atoms with Crippen molar-refractivity contribution in [3.05, 3.63) is 84.9 Å². The molecule has 0 unspecified atom stereocenters. The maximum absolute atomic E-state index is 6.48. The Bertz CT molecular complexity index is 1770. The van der Waals surface area contributed by atoms with Gasteiger partial charge in [-0.25, -0.2) is 0 Å². The lowest BCUT2D eigenvalue weighted by atomic mass is 9.77. The second-order valence-corrected chi connectivity index (χ2v) is 13.8. The summed E-state index contributed by atoms with van der Waals surface area (Å²) in [4.78, 5) is 4.09. The topological polar surface area (TPSA) is 70.9 Å². The molecule has 256 valence electrons. The molecule has 0 N–H and O–H groups in total. The Morgan fingerprint density at radius 1 is 0.633 bits per heavy atom. The molecule has 5 aromatic rings. The third-order valence-electron chi connectivity index (χ3n) is 9.93. The maximum atomic E-state index is 6.48. The van der Waals surface area contributed by atoms with Crippen LogP contribution in [0.2, 0.25) is 0 Å². The molecule has 6 rings (SSSR count). The van der Waals surface area contributed by atoms with Gasteiger partial charge in [-0.15, -0.1) is 0 Å². The van der Waals surface area contributed by atoms with Crippen molar-refractivity contribution in [2.24, 2.45) is 0 Å². The highest BCUT2D eigenvalue weighted by atomic mass is 16.7. The molecule has 0 spiro atoms. The largest absolute Gasteiger partial charge is 0.497 e. The first kappa shape index (κ1) is 34.5. The van der Waals surface area contributed by atoms with Crippen LogP contribution in [0.4, 0.5) is 17.1 Å². The molecule has 0 atom stereocenters. The molecule has 0 saturated carbocycles. The van der Waals surface area contributed by atoms with Gasteiger partial charge < -0.3 is 23.7 Å². The number of unbranched alkanes of at least 4 members (excludes halogenated alkanes) is 5. The molecule has 1 aliphatic rings. The second kappa shape index (κ2) is 14.6. The molecule has 2 heterocycles. The van der Waals surface area contributed by atoms with Crippen LogP contribution in [-0.4, -0.2) is 47.5 Å². The molecule has 1 aliphatic heterocycles. The van der Waals surface area contributed by atoms with Gasteiger partial charge in [0.15, 0.2) is 0 Å².